The van der Waals surface area contributed by atoms with E-state index in [0.717, 1.165) is 5.56 Å². The van der Waals surface area contributed by atoms with Gasteiger partial charge in [0.1, 0.15) is 17.1 Å². The van der Waals surface area contributed by atoms with Crippen LogP contribution in [0.25, 0.3) is 0 Å². The van der Waals surface area contributed by atoms with Crippen LogP contribution in [0.15, 0.2) is 66.9 Å². The molecule has 6 rings (SSSR count). The standard InChI is InChI=1S/C25H19FN4O4S/c26-15-6-9-18-17(11-15)25(24(32)28-18)22(23(31)19-3-1-2-10-27-19)21(20-12-35-13-29(20)25)14-4-7-16(8-5-14)30(33)34/h1-11,20-22H,12-13H2,(H,28,32)/t20-,21+,22-,25-/m1/s1. The fraction of sp³-hybridized carbons (Fsp3) is 0.240. The molecule has 4 heterocycles. The summed E-state index contributed by atoms with van der Waals surface area (Å²) < 4.78 is 14.5. The van der Waals surface area contributed by atoms with E-state index in [2.05, 4.69) is 10.3 Å². The highest BCUT2D eigenvalue weighted by Gasteiger charge is 2.69. The Bertz CT molecular complexity index is 1370. The highest BCUT2D eigenvalue weighted by atomic mass is 32.2. The van der Waals surface area contributed by atoms with Crippen molar-refractivity contribution in [2.75, 3.05) is 16.9 Å². The second-order valence-electron chi connectivity index (χ2n) is 8.88. The number of pyridine rings is 1. The highest BCUT2D eigenvalue weighted by Crippen LogP contribution is 2.61. The molecule has 3 aromatic rings. The molecule has 4 atom stereocenters. The Hall–Kier alpha value is -3.63. The van der Waals surface area contributed by atoms with E-state index in [1.807, 2.05) is 4.90 Å². The van der Waals surface area contributed by atoms with Gasteiger partial charge in [0, 0.05) is 53.2 Å². The number of aromatic nitrogens is 1. The van der Waals surface area contributed by atoms with Gasteiger partial charge >= 0.3 is 0 Å². The Morgan fingerprint density at radius 2 is 2.00 bits per heavy atom. The third-order valence-corrected chi connectivity index (χ3v) is 8.31. The number of thioether (sulfide) groups is 1. The van der Waals surface area contributed by atoms with Crippen LogP contribution >= 0.6 is 11.8 Å². The fourth-order valence-corrected chi connectivity index (χ4v) is 7.23. The van der Waals surface area contributed by atoms with Crippen LogP contribution in [-0.4, -0.2) is 44.2 Å². The first-order valence-electron chi connectivity index (χ1n) is 11.1. The molecule has 176 valence electrons. The zero-order valence-electron chi connectivity index (χ0n) is 18.3. The lowest BCUT2D eigenvalue weighted by Gasteiger charge is -2.36. The number of nitrogens with one attached hydrogen (secondary N) is 1. The van der Waals surface area contributed by atoms with E-state index in [4.69, 9.17) is 0 Å². The summed E-state index contributed by atoms with van der Waals surface area (Å²) in [6.45, 7) is 0. The number of hydrogen-bond donors (Lipinski definition) is 1. The second kappa shape index (κ2) is 7.96. The molecule has 3 aliphatic heterocycles. The number of Topliss-reactive ketones (excluding diaryl/α,β-unsaturated/α-hetero) is 1. The van der Waals surface area contributed by atoms with Crippen molar-refractivity contribution < 1.29 is 18.9 Å². The molecular formula is C25H19FN4O4S. The first-order chi connectivity index (χ1) is 16.9. The predicted molar refractivity (Wildman–Crippen MR) is 128 cm³/mol. The van der Waals surface area contributed by atoms with Crippen LogP contribution in [0.1, 0.15) is 27.5 Å². The second-order valence-corrected chi connectivity index (χ2v) is 9.88. The van der Waals surface area contributed by atoms with E-state index < -0.39 is 28.1 Å². The van der Waals surface area contributed by atoms with Gasteiger partial charge in [-0.1, -0.05) is 18.2 Å². The summed E-state index contributed by atoms with van der Waals surface area (Å²) in [4.78, 5) is 45.0. The molecule has 1 aromatic heterocycles. The fourth-order valence-electron chi connectivity index (χ4n) is 5.91. The van der Waals surface area contributed by atoms with Crippen LogP contribution < -0.4 is 5.32 Å². The number of fused-ring (bicyclic) bond motifs is 4. The molecule has 0 aliphatic carbocycles. The van der Waals surface area contributed by atoms with Gasteiger partial charge in [-0.05, 0) is 35.9 Å². The maximum Gasteiger partial charge on any atom is 0.269 e. The molecule has 0 radical (unpaired) electrons. The zero-order chi connectivity index (χ0) is 24.3. The van der Waals surface area contributed by atoms with Crippen LogP contribution in [0.2, 0.25) is 0 Å². The van der Waals surface area contributed by atoms with Gasteiger partial charge in [0.25, 0.3) is 5.69 Å². The summed E-state index contributed by atoms with van der Waals surface area (Å²) >= 11 is 1.64. The molecule has 0 saturated carbocycles. The Balaban J connectivity index is 1.60. The number of anilines is 1. The Labute approximate surface area is 203 Å². The van der Waals surface area contributed by atoms with Crippen molar-refractivity contribution in [3.63, 3.8) is 0 Å². The lowest BCUT2D eigenvalue weighted by atomic mass is 9.70. The van der Waals surface area contributed by atoms with Crippen molar-refractivity contribution in [2.24, 2.45) is 5.92 Å². The summed E-state index contributed by atoms with van der Waals surface area (Å²) in [5.41, 5.74) is 0.376. The van der Waals surface area contributed by atoms with Crippen molar-refractivity contribution in [3.05, 3.63) is 99.6 Å². The normalized spacial score (nSPS) is 27.0. The number of non-ortho nitro benzene ring substituents is 1. The summed E-state index contributed by atoms with van der Waals surface area (Å²) in [7, 11) is 0. The number of carbonyl (C=O) groups excluding carboxylic acids is 2. The Morgan fingerprint density at radius 3 is 2.71 bits per heavy atom. The molecule has 3 aliphatic rings. The molecular weight excluding hydrogens is 471 g/mol. The van der Waals surface area contributed by atoms with Gasteiger partial charge in [0.2, 0.25) is 5.91 Å². The van der Waals surface area contributed by atoms with E-state index in [1.54, 1.807) is 42.1 Å². The molecule has 1 spiro atoms. The highest BCUT2D eigenvalue weighted by molar-refractivity contribution is 7.99. The number of carbonyl (C=O) groups is 2. The van der Waals surface area contributed by atoms with Gasteiger partial charge in [-0.25, -0.2) is 4.39 Å². The number of halogens is 1. The van der Waals surface area contributed by atoms with Crippen LogP contribution in [0.4, 0.5) is 15.8 Å². The monoisotopic (exact) mass is 490 g/mol. The van der Waals surface area contributed by atoms with Gasteiger partial charge in [-0.2, -0.15) is 0 Å². The van der Waals surface area contributed by atoms with Crippen molar-refractivity contribution >= 4 is 34.8 Å². The van der Waals surface area contributed by atoms with Gasteiger partial charge in [-0.3, -0.25) is 29.6 Å². The minimum atomic E-state index is -1.42. The maximum atomic E-state index is 14.5. The van der Waals surface area contributed by atoms with Gasteiger partial charge in [0.05, 0.1) is 10.8 Å². The molecule has 2 aromatic carbocycles. The first-order valence-corrected chi connectivity index (χ1v) is 12.2. The summed E-state index contributed by atoms with van der Waals surface area (Å²) in [5.74, 6) is -1.40. The number of nitrogens with zero attached hydrogens (tertiary/aromatic N) is 3. The summed E-state index contributed by atoms with van der Waals surface area (Å²) in [5, 5.41) is 14.1. The number of nitro benzene ring substituents is 1. The molecule has 2 fully saturated rings. The van der Waals surface area contributed by atoms with Gasteiger partial charge in [-0.15, -0.1) is 11.8 Å². The first kappa shape index (κ1) is 21.9. The third kappa shape index (κ3) is 3.06. The van der Waals surface area contributed by atoms with E-state index in [9.17, 15) is 24.1 Å². The lowest BCUT2D eigenvalue weighted by molar-refractivity contribution is -0.384. The van der Waals surface area contributed by atoms with Crippen molar-refractivity contribution in [3.8, 4) is 0 Å². The molecule has 10 heteroatoms. The molecule has 0 unspecified atom stereocenters. The van der Waals surface area contributed by atoms with Crippen LogP contribution in [0, 0.1) is 21.8 Å². The smallest absolute Gasteiger partial charge is 0.269 e. The van der Waals surface area contributed by atoms with Crippen LogP contribution in [0.5, 0.6) is 0 Å². The maximum absolute atomic E-state index is 14.5. The average molecular weight is 491 g/mol. The largest absolute Gasteiger partial charge is 0.324 e. The van der Waals surface area contributed by atoms with Crippen molar-refractivity contribution in [2.45, 2.75) is 17.5 Å². The molecule has 8 nitrogen and oxygen atoms in total. The number of amides is 1. The zero-order valence-corrected chi connectivity index (χ0v) is 19.1. The minimum absolute atomic E-state index is 0.0576. The third-order valence-electron chi connectivity index (χ3n) is 7.27. The van der Waals surface area contributed by atoms with Crippen LogP contribution in [-0.2, 0) is 10.3 Å². The molecule has 2 saturated heterocycles. The Morgan fingerprint density at radius 1 is 1.20 bits per heavy atom. The molecule has 1 amide bonds. The summed E-state index contributed by atoms with van der Waals surface area (Å²) in [6.07, 6.45) is 1.52. The number of benzene rings is 2. The van der Waals surface area contributed by atoms with E-state index in [0.29, 0.717) is 22.9 Å². The topological polar surface area (TPSA) is 105 Å². The number of ketones is 1. The minimum Gasteiger partial charge on any atom is -0.324 e. The van der Waals surface area contributed by atoms with Gasteiger partial charge < -0.3 is 5.32 Å². The van der Waals surface area contributed by atoms with E-state index >= 15 is 0 Å². The molecule has 0 bridgehead atoms. The molecule has 1 N–H and O–H groups in total. The van der Waals surface area contributed by atoms with Crippen LogP contribution in [0.3, 0.4) is 0 Å². The summed E-state index contributed by atoms with van der Waals surface area (Å²) in [6, 6.07) is 15.1. The Kier molecular flexibility index (Phi) is 4.97. The van der Waals surface area contributed by atoms with Gasteiger partial charge in [0.15, 0.2) is 5.78 Å². The van der Waals surface area contributed by atoms with E-state index in [1.165, 1.54) is 36.5 Å². The van der Waals surface area contributed by atoms with E-state index in [-0.39, 0.29) is 29.1 Å². The number of hydrogen-bond acceptors (Lipinski definition) is 7. The molecule has 35 heavy (non-hydrogen) atoms. The number of rotatable bonds is 4. The van der Waals surface area contributed by atoms with Crippen molar-refractivity contribution in [1.29, 1.82) is 0 Å². The lowest BCUT2D eigenvalue weighted by Crippen LogP contribution is -2.52. The quantitative estimate of drug-likeness (QED) is 0.335. The van der Waals surface area contributed by atoms with Crippen molar-refractivity contribution in [1.82, 2.24) is 9.88 Å². The SMILES string of the molecule is O=C(c1ccccn1)[C@H]1[C@@H](c2ccc([N+](=O)[O-])cc2)[C@H]2CSCN2[C@@]12C(=O)Nc1ccc(F)cc12. The average Bonchev–Trinajstić information content (AvgIpc) is 3.53. The predicted octanol–water partition coefficient (Wildman–Crippen LogP) is 3.95. The number of nitro groups is 1.